The summed E-state index contributed by atoms with van der Waals surface area (Å²) in [5, 5.41) is 21.2. The van der Waals surface area contributed by atoms with E-state index in [0.29, 0.717) is 11.8 Å². The van der Waals surface area contributed by atoms with Crippen LogP contribution >= 0.6 is 0 Å². The lowest BCUT2D eigenvalue weighted by Crippen LogP contribution is -2.72. The lowest BCUT2D eigenvalue weighted by molar-refractivity contribution is -0.286. The Labute approximate surface area is 206 Å². The number of esters is 1. The third-order valence-corrected chi connectivity index (χ3v) is 14.3. The second-order valence-electron chi connectivity index (χ2n) is 15.5. The fourth-order valence-corrected chi connectivity index (χ4v) is 11.9. The molecule has 5 saturated carbocycles. The van der Waals surface area contributed by atoms with E-state index in [0.717, 1.165) is 64.2 Å². The summed E-state index contributed by atoms with van der Waals surface area (Å²) in [6, 6.07) is 0. The zero-order valence-electron chi connectivity index (χ0n) is 22.5. The molecule has 6 rings (SSSR count). The second-order valence-corrected chi connectivity index (χ2v) is 15.5. The molecule has 0 radical (unpaired) electrons. The molecule has 6 fully saturated rings. The number of hydrogen-bond donors (Lipinski definition) is 2. The third-order valence-electron chi connectivity index (χ3n) is 14.3. The van der Waals surface area contributed by atoms with E-state index in [2.05, 4.69) is 41.5 Å². The van der Waals surface area contributed by atoms with Crippen molar-refractivity contribution in [3.05, 3.63) is 0 Å². The first-order chi connectivity index (χ1) is 15.7. The molecule has 1 spiro atoms. The zero-order chi connectivity index (χ0) is 24.6. The van der Waals surface area contributed by atoms with Gasteiger partial charge in [0.25, 0.3) is 0 Å². The molecule has 1 saturated heterocycles. The van der Waals surface area contributed by atoms with Crippen molar-refractivity contribution in [1.82, 2.24) is 0 Å². The van der Waals surface area contributed by atoms with Crippen LogP contribution in [0.4, 0.5) is 0 Å². The van der Waals surface area contributed by atoms with E-state index >= 15 is 0 Å². The van der Waals surface area contributed by atoms with Gasteiger partial charge in [-0.05, 0) is 104 Å². The summed E-state index contributed by atoms with van der Waals surface area (Å²) in [5.74, 6) is 1.47. The Kier molecular flexibility index (Phi) is 4.63. The highest BCUT2D eigenvalue weighted by Gasteiger charge is 2.81. The zero-order valence-corrected chi connectivity index (χ0v) is 22.5. The number of aliphatic hydroxyl groups excluding tert-OH is 2. The quantitative estimate of drug-likeness (QED) is 0.468. The van der Waals surface area contributed by atoms with Crippen molar-refractivity contribution in [2.45, 2.75) is 124 Å². The van der Waals surface area contributed by atoms with E-state index in [1.165, 1.54) is 6.42 Å². The SMILES string of the molecule is CC1(CO)CCC23CCC4(C)C5(C)CCC6C(C)(C)C(O)CCC6(C)C5CCC4(OC2=O)C3C1. The molecule has 2 bridgehead atoms. The number of hydrogen-bond acceptors (Lipinski definition) is 4. The first-order valence-electron chi connectivity index (χ1n) is 14.3. The first-order valence-corrected chi connectivity index (χ1v) is 14.3. The molecule has 6 aliphatic rings. The minimum Gasteiger partial charge on any atom is -0.458 e. The predicted octanol–water partition coefficient (Wildman–Crippen LogP) is 5.88. The highest BCUT2D eigenvalue weighted by molar-refractivity contribution is 5.81. The monoisotopic (exact) mass is 472 g/mol. The Morgan fingerprint density at radius 1 is 0.824 bits per heavy atom. The molecule has 10 atom stereocenters. The topological polar surface area (TPSA) is 66.8 Å². The van der Waals surface area contributed by atoms with Gasteiger partial charge < -0.3 is 14.9 Å². The van der Waals surface area contributed by atoms with Gasteiger partial charge >= 0.3 is 5.97 Å². The van der Waals surface area contributed by atoms with E-state index in [-0.39, 0.29) is 62.7 Å². The van der Waals surface area contributed by atoms with Gasteiger partial charge in [-0.15, -0.1) is 0 Å². The van der Waals surface area contributed by atoms with Crippen molar-refractivity contribution in [3.8, 4) is 0 Å². The molecule has 5 aliphatic carbocycles. The van der Waals surface area contributed by atoms with Crippen LogP contribution in [-0.2, 0) is 9.53 Å². The highest BCUT2D eigenvalue weighted by Crippen LogP contribution is 2.80. The van der Waals surface area contributed by atoms with Crippen LogP contribution in [0.2, 0.25) is 0 Å². The van der Waals surface area contributed by atoms with Crippen molar-refractivity contribution >= 4 is 5.97 Å². The second kappa shape index (κ2) is 6.63. The Balaban J connectivity index is 1.45. The molecule has 192 valence electrons. The Hall–Kier alpha value is -0.610. The van der Waals surface area contributed by atoms with Crippen LogP contribution in [0.25, 0.3) is 0 Å². The fraction of sp³-hybridized carbons (Fsp3) is 0.967. The van der Waals surface area contributed by atoms with E-state index in [9.17, 15) is 15.0 Å². The van der Waals surface area contributed by atoms with Gasteiger partial charge in [0.05, 0.1) is 11.5 Å². The van der Waals surface area contributed by atoms with Crippen molar-refractivity contribution < 1.29 is 19.7 Å². The van der Waals surface area contributed by atoms with Crippen molar-refractivity contribution in [2.75, 3.05) is 6.61 Å². The average molecular weight is 473 g/mol. The Morgan fingerprint density at radius 3 is 2.21 bits per heavy atom. The molecular weight excluding hydrogens is 424 g/mol. The average Bonchev–Trinajstić information content (AvgIpc) is 2.96. The third kappa shape index (κ3) is 2.38. The van der Waals surface area contributed by atoms with Crippen LogP contribution in [0.1, 0.15) is 112 Å². The molecular formula is C30H48O4. The smallest absolute Gasteiger partial charge is 0.313 e. The number of rotatable bonds is 1. The number of fused-ring (bicyclic) bond motifs is 4. The van der Waals surface area contributed by atoms with Gasteiger partial charge in [0.1, 0.15) is 5.60 Å². The van der Waals surface area contributed by atoms with Crippen LogP contribution < -0.4 is 0 Å². The van der Waals surface area contributed by atoms with Gasteiger partial charge in [-0.2, -0.15) is 0 Å². The maximum Gasteiger partial charge on any atom is 0.313 e. The lowest BCUT2D eigenvalue weighted by Gasteiger charge is -2.74. The van der Waals surface area contributed by atoms with Gasteiger partial charge in [0.2, 0.25) is 0 Å². The lowest BCUT2D eigenvalue weighted by atomic mass is 9.31. The maximum atomic E-state index is 13.7. The molecule has 0 aromatic heterocycles. The van der Waals surface area contributed by atoms with Crippen LogP contribution in [0.3, 0.4) is 0 Å². The molecule has 0 amide bonds. The molecule has 34 heavy (non-hydrogen) atoms. The summed E-state index contributed by atoms with van der Waals surface area (Å²) in [6.07, 6.45) is 11.0. The minimum atomic E-state index is -0.378. The van der Waals surface area contributed by atoms with E-state index in [1.54, 1.807) is 0 Å². The van der Waals surface area contributed by atoms with Gasteiger partial charge in [0.15, 0.2) is 0 Å². The highest BCUT2D eigenvalue weighted by atomic mass is 16.6. The molecule has 0 aromatic carbocycles. The maximum absolute atomic E-state index is 13.7. The van der Waals surface area contributed by atoms with Gasteiger partial charge in [-0.1, -0.05) is 41.5 Å². The number of aliphatic hydroxyl groups is 2. The fourth-order valence-electron chi connectivity index (χ4n) is 11.9. The van der Waals surface area contributed by atoms with Gasteiger partial charge in [0, 0.05) is 17.9 Å². The van der Waals surface area contributed by atoms with Gasteiger partial charge in [-0.25, -0.2) is 0 Å². The standard InChI is InChI=1S/C30H48O4/c1-24(2)19-7-11-27(5)20(26(19,4)10-9-22(24)32)8-12-30-21-17-25(3,18-31)13-15-29(21,23(33)34-30)16-14-28(27,30)6/h19-22,31-32H,7-18H2,1-6H3. The largest absolute Gasteiger partial charge is 0.458 e. The van der Waals surface area contributed by atoms with Crippen LogP contribution in [0.5, 0.6) is 0 Å². The normalized spacial score (nSPS) is 59.8. The predicted molar refractivity (Wildman–Crippen MR) is 132 cm³/mol. The Bertz CT molecular complexity index is 913. The molecule has 10 unspecified atom stereocenters. The molecule has 2 N–H and O–H groups in total. The molecule has 4 nitrogen and oxygen atoms in total. The van der Waals surface area contributed by atoms with Crippen LogP contribution in [0.15, 0.2) is 0 Å². The summed E-state index contributed by atoms with van der Waals surface area (Å²) < 4.78 is 6.74. The summed E-state index contributed by atoms with van der Waals surface area (Å²) in [5.41, 5.74) is -0.517. The first kappa shape index (κ1) is 23.8. The Morgan fingerprint density at radius 2 is 1.50 bits per heavy atom. The summed E-state index contributed by atoms with van der Waals surface area (Å²) in [7, 11) is 0. The summed E-state index contributed by atoms with van der Waals surface area (Å²) in [6.45, 7) is 14.6. The summed E-state index contributed by atoms with van der Waals surface area (Å²) >= 11 is 0. The minimum absolute atomic E-state index is 0.0366. The van der Waals surface area contributed by atoms with Crippen molar-refractivity contribution in [3.63, 3.8) is 0 Å². The van der Waals surface area contributed by atoms with E-state index in [4.69, 9.17) is 4.74 Å². The van der Waals surface area contributed by atoms with Crippen molar-refractivity contribution in [1.29, 1.82) is 0 Å². The molecule has 0 aromatic rings. The number of ether oxygens (including phenoxy) is 1. The van der Waals surface area contributed by atoms with Crippen molar-refractivity contribution in [2.24, 2.45) is 50.2 Å². The summed E-state index contributed by atoms with van der Waals surface area (Å²) in [4.78, 5) is 13.7. The van der Waals surface area contributed by atoms with E-state index in [1.807, 2.05) is 0 Å². The van der Waals surface area contributed by atoms with Crippen LogP contribution in [-0.4, -0.2) is 34.5 Å². The number of carbonyl (C=O) groups is 1. The molecule has 1 heterocycles. The van der Waals surface area contributed by atoms with E-state index < -0.39 is 0 Å². The molecule has 1 aliphatic heterocycles. The van der Waals surface area contributed by atoms with Crippen LogP contribution in [0, 0.1) is 50.2 Å². The molecule has 4 heteroatoms. The van der Waals surface area contributed by atoms with Gasteiger partial charge in [-0.3, -0.25) is 4.79 Å². The number of carbonyl (C=O) groups excluding carboxylic acids is 1.